The lowest BCUT2D eigenvalue weighted by atomic mass is 9.89. The molecule has 0 amide bonds. The molecule has 15 heteroatoms. The van der Waals surface area contributed by atoms with E-state index in [1.807, 2.05) is 41.9 Å². The zero-order valence-electron chi connectivity index (χ0n) is 20.1. The maximum atomic E-state index is 12.3. The molecular formula is C23H21N11O2S2. The zero-order chi connectivity index (χ0) is 26.3. The summed E-state index contributed by atoms with van der Waals surface area (Å²) < 4.78 is 30.2. The van der Waals surface area contributed by atoms with E-state index >= 15 is 0 Å². The Morgan fingerprint density at radius 2 is 2.00 bits per heavy atom. The van der Waals surface area contributed by atoms with Crippen LogP contribution in [0.4, 0.5) is 11.6 Å². The molecule has 0 atom stereocenters. The third kappa shape index (κ3) is 4.18. The molecule has 5 aromatic rings. The second kappa shape index (κ2) is 9.24. The van der Waals surface area contributed by atoms with Gasteiger partial charge in [0.2, 0.25) is 16.0 Å². The van der Waals surface area contributed by atoms with Gasteiger partial charge in [0.15, 0.2) is 0 Å². The smallest absolute Gasteiger partial charge is 0.228 e. The molecule has 0 bridgehead atoms. The van der Waals surface area contributed by atoms with Crippen LogP contribution in [-0.4, -0.2) is 71.5 Å². The van der Waals surface area contributed by atoms with Crippen LogP contribution in [0.2, 0.25) is 0 Å². The summed E-state index contributed by atoms with van der Waals surface area (Å²) in [6.07, 6.45) is 5.20. The Morgan fingerprint density at radius 3 is 2.71 bits per heavy atom. The molecule has 1 fully saturated rings. The molecule has 192 valence electrons. The van der Waals surface area contributed by atoms with Crippen molar-refractivity contribution in [3.8, 4) is 23.0 Å². The van der Waals surface area contributed by atoms with Gasteiger partial charge in [-0.1, -0.05) is 0 Å². The van der Waals surface area contributed by atoms with Gasteiger partial charge in [0, 0.05) is 30.5 Å². The second-order valence-corrected chi connectivity index (χ2v) is 12.0. The molecule has 1 saturated heterocycles. The normalized spacial score (nSPS) is 15.3. The molecule has 6 rings (SSSR count). The van der Waals surface area contributed by atoms with Gasteiger partial charge >= 0.3 is 0 Å². The fraction of sp³-hybridized carbons (Fsp3) is 0.261. The summed E-state index contributed by atoms with van der Waals surface area (Å²) in [4.78, 5) is 9.44. The second-order valence-electron chi connectivity index (χ2n) is 8.86. The highest BCUT2D eigenvalue weighted by Gasteiger charge is 2.49. The predicted octanol–water partition coefficient (Wildman–Crippen LogP) is 2.55. The Hall–Kier alpha value is -4.26. The van der Waals surface area contributed by atoms with E-state index in [1.165, 1.54) is 22.0 Å². The lowest BCUT2D eigenvalue weighted by Gasteiger charge is -2.47. The van der Waals surface area contributed by atoms with E-state index in [1.54, 1.807) is 22.5 Å². The summed E-state index contributed by atoms with van der Waals surface area (Å²) in [5, 5.41) is 30.4. The van der Waals surface area contributed by atoms with Gasteiger partial charge in [-0.15, -0.1) is 16.4 Å². The van der Waals surface area contributed by atoms with Gasteiger partial charge in [-0.3, -0.25) is 4.68 Å². The fourth-order valence-corrected chi connectivity index (χ4v) is 6.48. The third-order valence-corrected chi connectivity index (χ3v) is 9.18. The minimum absolute atomic E-state index is 0.0213. The molecule has 4 aromatic heterocycles. The Balaban J connectivity index is 1.30. The number of fused-ring (bicyclic) bond motifs is 1. The third-order valence-electron chi connectivity index (χ3n) is 6.49. The molecule has 0 saturated carbocycles. The zero-order valence-corrected chi connectivity index (χ0v) is 21.8. The number of nitriles is 1. The number of benzene rings is 1. The van der Waals surface area contributed by atoms with E-state index in [9.17, 15) is 13.7 Å². The van der Waals surface area contributed by atoms with Crippen LogP contribution in [0.25, 0.3) is 27.2 Å². The first kappa shape index (κ1) is 24.1. The van der Waals surface area contributed by atoms with Crippen LogP contribution in [0.1, 0.15) is 13.3 Å². The highest BCUT2D eigenvalue weighted by molar-refractivity contribution is 7.89. The molecular weight excluding hydrogens is 526 g/mol. The Morgan fingerprint density at radius 1 is 1.18 bits per heavy atom. The van der Waals surface area contributed by atoms with Crippen LogP contribution in [0, 0.1) is 11.3 Å². The highest BCUT2D eigenvalue weighted by Crippen LogP contribution is 2.37. The molecule has 0 spiro atoms. The van der Waals surface area contributed by atoms with E-state index in [4.69, 9.17) is 4.98 Å². The number of anilines is 2. The van der Waals surface area contributed by atoms with Crippen LogP contribution in [0.3, 0.4) is 0 Å². The maximum Gasteiger partial charge on any atom is 0.228 e. The van der Waals surface area contributed by atoms with Crippen LogP contribution in [0.5, 0.6) is 0 Å². The van der Waals surface area contributed by atoms with Crippen LogP contribution >= 0.6 is 11.3 Å². The van der Waals surface area contributed by atoms with Crippen molar-refractivity contribution in [2.75, 3.05) is 24.2 Å². The van der Waals surface area contributed by atoms with Crippen molar-refractivity contribution < 1.29 is 8.42 Å². The number of tetrazole rings is 1. The molecule has 1 N–H and O–H groups in total. The van der Waals surface area contributed by atoms with Crippen molar-refractivity contribution in [1.82, 2.24) is 44.3 Å². The number of thiophene rings is 1. The lowest BCUT2D eigenvalue weighted by Crippen LogP contribution is -2.64. The summed E-state index contributed by atoms with van der Waals surface area (Å²) in [6.45, 7) is 2.04. The van der Waals surface area contributed by atoms with Gasteiger partial charge in [0.05, 0.1) is 46.0 Å². The van der Waals surface area contributed by atoms with Crippen LogP contribution < -0.4 is 5.32 Å². The largest absolute Gasteiger partial charge is 0.324 e. The summed E-state index contributed by atoms with van der Waals surface area (Å²) >= 11 is 1.53. The first-order valence-corrected chi connectivity index (χ1v) is 14.2. The monoisotopic (exact) mass is 547 g/mol. The molecule has 0 aliphatic carbocycles. The Kier molecular flexibility index (Phi) is 5.86. The fourth-order valence-electron chi connectivity index (χ4n) is 4.40. The number of sulfonamides is 1. The van der Waals surface area contributed by atoms with E-state index in [0.29, 0.717) is 11.6 Å². The number of aromatic nitrogens is 8. The summed E-state index contributed by atoms with van der Waals surface area (Å²) in [7, 11) is -3.33. The number of hydrogen-bond acceptors (Lipinski definition) is 11. The lowest BCUT2D eigenvalue weighted by molar-refractivity contribution is 0.0719. The standard InChI is InChI=1S/C23H21N11O2S2/c1-2-38(35,36)32-13-23(14-32,8-9-24)34-12-16(11-26-34)20-21-19(7-10-37-21)28-22(29-20)27-17-3-5-18(6-4-17)33-15-25-30-31-33/h3-7,10-12,15H,2,8,13-14H2,1H3,(H,27,28,29). The van der Waals surface area contributed by atoms with E-state index in [2.05, 4.69) is 37.0 Å². The van der Waals surface area contributed by atoms with E-state index < -0.39 is 15.6 Å². The number of hydrogen-bond donors (Lipinski definition) is 1. The van der Waals surface area contributed by atoms with Gasteiger partial charge in [-0.25, -0.2) is 23.1 Å². The minimum atomic E-state index is -3.33. The molecule has 13 nitrogen and oxygen atoms in total. The number of nitrogens with zero attached hydrogens (tertiary/aromatic N) is 10. The van der Waals surface area contributed by atoms with Gasteiger partial charge < -0.3 is 5.32 Å². The minimum Gasteiger partial charge on any atom is -0.324 e. The average molecular weight is 548 g/mol. The van der Waals surface area contributed by atoms with Crippen molar-refractivity contribution in [3.05, 3.63) is 54.4 Å². The molecule has 5 heterocycles. The van der Waals surface area contributed by atoms with Gasteiger partial charge in [0.25, 0.3) is 0 Å². The first-order chi connectivity index (χ1) is 18.4. The Bertz CT molecular complexity index is 1750. The summed E-state index contributed by atoms with van der Waals surface area (Å²) in [5.41, 5.74) is 3.14. The van der Waals surface area contributed by atoms with Gasteiger partial charge in [-0.05, 0) is 53.1 Å². The highest BCUT2D eigenvalue weighted by atomic mass is 32.2. The molecule has 1 aliphatic rings. The molecule has 1 aromatic carbocycles. The van der Waals surface area contributed by atoms with Crippen LogP contribution in [-0.2, 0) is 15.6 Å². The first-order valence-electron chi connectivity index (χ1n) is 11.7. The van der Waals surface area contributed by atoms with Gasteiger partial charge in [0.1, 0.15) is 11.9 Å². The Labute approximate surface area is 221 Å². The van der Waals surface area contributed by atoms with E-state index in [-0.39, 0.29) is 25.3 Å². The molecule has 1 aliphatic heterocycles. The number of rotatable bonds is 8. The van der Waals surface area contributed by atoms with Crippen molar-refractivity contribution in [2.45, 2.75) is 18.9 Å². The quantitative estimate of drug-likeness (QED) is 0.306. The van der Waals surface area contributed by atoms with Crippen molar-refractivity contribution in [2.24, 2.45) is 0 Å². The van der Waals surface area contributed by atoms with Crippen LogP contribution in [0.15, 0.2) is 54.4 Å². The molecule has 0 unspecified atom stereocenters. The number of nitrogens with one attached hydrogen (secondary N) is 1. The SMILES string of the molecule is CCS(=O)(=O)N1CC(CC#N)(n2cc(-c3nc(Nc4ccc(-n5cnnn5)cc4)nc4ccsc34)cn2)C1. The topological polar surface area (TPSA) is 160 Å². The molecule has 38 heavy (non-hydrogen) atoms. The van der Waals surface area contributed by atoms with E-state index in [0.717, 1.165) is 27.2 Å². The van der Waals surface area contributed by atoms with Gasteiger partial charge in [-0.2, -0.15) is 14.7 Å². The van der Waals surface area contributed by atoms with Crippen molar-refractivity contribution in [3.63, 3.8) is 0 Å². The summed E-state index contributed by atoms with van der Waals surface area (Å²) in [6, 6.07) is 11.6. The average Bonchev–Trinajstić information content (AvgIpc) is 3.68. The predicted molar refractivity (Wildman–Crippen MR) is 140 cm³/mol. The van der Waals surface area contributed by atoms with Crippen molar-refractivity contribution >= 4 is 43.2 Å². The summed E-state index contributed by atoms with van der Waals surface area (Å²) in [5.74, 6) is 0.442. The maximum absolute atomic E-state index is 12.3. The van der Waals surface area contributed by atoms with Crippen molar-refractivity contribution in [1.29, 1.82) is 5.26 Å². The molecule has 0 radical (unpaired) electrons.